The van der Waals surface area contributed by atoms with Gasteiger partial charge in [0.15, 0.2) is 0 Å². The number of ketones is 1. The van der Waals surface area contributed by atoms with Crippen molar-refractivity contribution >= 4 is 29.4 Å². The minimum Gasteiger partial charge on any atom is -0.448 e. The summed E-state index contributed by atoms with van der Waals surface area (Å²) in [5, 5.41) is 14.7. The molecule has 1 aliphatic heterocycles. The Kier molecular flexibility index (Phi) is 16.5. The van der Waals surface area contributed by atoms with E-state index in [4.69, 9.17) is 20.1 Å². The molecular weight excluding hydrogens is 716 g/mol. The van der Waals surface area contributed by atoms with E-state index in [-0.39, 0.29) is 61.3 Å². The van der Waals surface area contributed by atoms with Gasteiger partial charge in [0.05, 0.1) is 48.3 Å². The Hall–Kier alpha value is -4.70. The van der Waals surface area contributed by atoms with Gasteiger partial charge >= 0.3 is 6.09 Å². The van der Waals surface area contributed by atoms with E-state index < -0.39 is 12.1 Å². The molecular formula is C41H60N8O7. The number of rotatable bonds is 22. The molecule has 56 heavy (non-hydrogen) atoms. The number of amides is 3. The number of nitrogens with two attached hydrogens (primary N) is 1. The molecule has 0 spiro atoms. The summed E-state index contributed by atoms with van der Waals surface area (Å²) >= 11 is 0. The van der Waals surface area contributed by atoms with Gasteiger partial charge in [-0.1, -0.05) is 54.6 Å². The number of fused-ring (bicyclic) bond motifs is 5. The van der Waals surface area contributed by atoms with Crippen molar-refractivity contribution in [1.82, 2.24) is 31.1 Å². The van der Waals surface area contributed by atoms with Crippen molar-refractivity contribution in [1.29, 1.82) is 0 Å². The van der Waals surface area contributed by atoms with Crippen LogP contribution in [0.25, 0.3) is 22.5 Å². The summed E-state index contributed by atoms with van der Waals surface area (Å²) in [5.41, 5.74) is 6.32. The quantitative estimate of drug-likeness (QED) is 0.0606. The molecule has 3 amide bonds. The standard InChI is InChI=1S/C41H60N8O7/c1-7-41(5,56-26-22-40(3,4)54-6)21-24-43-35(51)19-20-36(52)48-28-30-14-8-9-15-31(30)37-38(32-16-10-11-18-34(32)48)49(47-46-37)25-27-55-39(53)44-23-13-12-17-33(45-42)29(2)50/h8-11,14-16,18,33,45H,7,12-13,17,19-28,42H2,1-6H3,(H,43,51)(H,44,53). The van der Waals surface area contributed by atoms with E-state index in [2.05, 4.69) is 40.2 Å². The number of para-hydroxylation sites is 1. The van der Waals surface area contributed by atoms with Crippen LogP contribution in [0.4, 0.5) is 10.5 Å². The zero-order chi connectivity index (χ0) is 40.7. The summed E-state index contributed by atoms with van der Waals surface area (Å²) in [4.78, 5) is 52.7. The second-order valence-corrected chi connectivity index (χ2v) is 15.0. The van der Waals surface area contributed by atoms with Crippen LogP contribution in [0.1, 0.15) is 91.5 Å². The van der Waals surface area contributed by atoms with Crippen molar-refractivity contribution in [2.45, 2.75) is 116 Å². The van der Waals surface area contributed by atoms with E-state index in [1.807, 2.05) is 62.4 Å². The first-order chi connectivity index (χ1) is 26.8. The number of hydrazine groups is 1. The Morgan fingerprint density at radius 1 is 0.929 bits per heavy atom. The van der Waals surface area contributed by atoms with Gasteiger partial charge in [0.25, 0.3) is 0 Å². The third-order valence-corrected chi connectivity index (χ3v) is 10.5. The molecule has 0 bridgehead atoms. The lowest BCUT2D eigenvalue weighted by molar-refractivity contribution is -0.125. The molecule has 0 radical (unpaired) electrons. The Morgan fingerprint density at radius 2 is 1.66 bits per heavy atom. The molecule has 4 rings (SSSR count). The van der Waals surface area contributed by atoms with Crippen LogP contribution in [0.5, 0.6) is 0 Å². The molecule has 2 aromatic carbocycles. The van der Waals surface area contributed by atoms with Crippen LogP contribution in [-0.4, -0.2) is 89.3 Å². The number of alkyl carbamates (subject to hydrolysis) is 1. The fourth-order valence-corrected chi connectivity index (χ4v) is 6.44. The first-order valence-corrected chi connectivity index (χ1v) is 19.6. The SMILES string of the molecule is CCC(C)(CCNC(=O)CCC(=O)N1Cc2ccccc2-c2nnn(CCOC(=O)NCCCCC(NN)C(C)=O)c2-c2ccccc21)OCCC(C)(C)OC. The van der Waals surface area contributed by atoms with Gasteiger partial charge in [-0.15, -0.1) is 5.10 Å². The number of carbonyl (C=O) groups is 4. The second kappa shape index (κ2) is 21.0. The summed E-state index contributed by atoms with van der Waals surface area (Å²) in [6.07, 6.45) is 3.64. The number of ether oxygens (including phenoxy) is 3. The molecule has 3 aromatic rings. The van der Waals surface area contributed by atoms with E-state index in [9.17, 15) is 19.2 Å². The van der Waals surface area contributed by atoms with Crippen LogP contribution in [0.15, 0.2) is 48.5 Å². The Labute approximate surface area is 330 Å². The third-order valence-electron chi connectivity index (χ3n) is 10.5. The Balaban J connectivity index is 1.39. The predicted molar refractivity (Wildman–Crippen MR) is 214 cm³/mol. The van der Waals surface area contributed by atoms with Crippen molar-refractivity contribution in [3.8, 4) is 22.5 Å². The van der Waals surface area contributed by atoms with Gasteiger partial charge in [0.1, 0.15) is 18.1 Å². The number of unbranched alkanes of at least 4 members (excludes halogenated alkanes) is 1. The van der Waals surface area contributed by atoms with Gasteiger partial charge < -0.3 is 29.7 Å². The van der Waals surface area contributed by atoms with Crippen molar-refractivity contribution in [3.63, 3.8) is 0 Å². The number of benzene rings is 2. The van der Waals surface area contributed by atoms with E-state index in [1.54, 1.807) is 16.7 Å². The number of anilines is 1. The minimum absolute atomic E-state index is 0.0184. The second-order valence-electron chi connectivity index (χ2n) is 15.0. The van der Waals surface area contributed by atoms with Crippen molar-refractivity contribution in [2.24, 2.45) is 5.84 Å². The molecule has 2 unspecified atom stereocenters. The highest BCUT2D eigenvalue weighted by molar-refractivity contribution is 6.01. The molecule has 0 fully saturated rings. The number of hydrogen-bond acceptors (Lipinski definition) is 11. The number of nitrogens with zero attached hydrogens (tertiary/aromatic N) is 4. The highest BCUT2D eigenvalue weighted by atomic mass is 16.5. The molecule has 306 valence electrons. The first-order valence-electron chi connectivity index (χ1n) is 19.6. The van der Waals surface area contributed by atoms with Crippen LogP contribution in [0.2, 0.25) is 0 Å². The first kappa shape index (κ1) is 44.0. The Bertz CT molecular complexity index is 1780. The van der Waals surface area contributed by atoms with Crippen LogP contribution < -0.4 is 26.8 Å². The van der Waals surface area contributed by atoms with Gasteiger partial charge in [0.2, 0.25) is 11.8 Å². The smallest absolute Gasteiger partial charge is 0.407 e. The summed E-state index contributed by atoms with van der Waals surface area (Å²) < 4.78 is 18.9. The number of hydrogen-bond donors (Lipinski definition) is 4. The number of aromatic nitrogens is 3. The average molecular weight is 777 g/mol. The number of carbonyl (C=O) groups excluding carboxylic acids is 4. The molecule has 5 N–H and O–H groups in total. The zero-order valence-corrected chi connectivity index (χ0v) is 33.8. The maximum Gasteiger partial charge on any atom is 0.407 e. The van der Waals surface area contributed by atoms with Crippen molar-refractivity contribution in [3.05, 3.63) is 54.1 Å². The molecule has 1 aromatic heterocycles. The lowest BCUT2D eigenvalue weighted by Gasteiger charge is -2.31. The maximum absolute atomic E-state index is 14.0. The summed E-state index contributed by atoms with van der Waals surface area (Å²) in [6.45, 7) is 11.6. The van der Waals surface area contributed by atoms with Gasteiger partial charge in [-0.2, -0.15) is 0 Å². The molecule has 0 saturated heterocycles. The fourth-order valence-electron chi connectivity index (χ4n) is 6.44. The van der Waals surface area contributed by atoms with Crippen LogP contribution in [0.3, 0.4) is 0 Å². The van der Waals surface area contributed by atoms with E-state index in [0.29, 0.717) is 62.5 Å². The molecule has 15 nitrogen and oxygen atoms in total. The molecule has 15 heteroatoms. The number of nitrogens with one attached hydrogen (secondary N) is 3. The largest absolute Gasteiger partial charge is 0.448 e. The summed E-state index contributed by atoms with van der Waals surface area (Å²) in [5.74, 6) is 5.00. The number of methoxy groups -OCH3 is 1. The maximum atomic E-state index is 14.0. The van der Waals surface area contributed by atoms with E-state index in [0.717, 1.165) is 29.5 Å². The molecule has 1 aliphatic rings. The molecule has 2 atom stereocenters. The summed E-state index contributed by atoms with van der Waals surface area (Å²) in [6, 6.07) is 14.9. The molecule has 2 heterocycles. The van der Waals surface area contributed by atoms with Gasteiger partial charge in [-0.3, -0.25) is 20.2 Å². The molecule has 0 saturated carbocycles. The van der Waals surface area contributed by atoms with Gasteiger partial charge in [0, 0.05) is 44.2 Å². The topological polar surface area (TPSA) is 192 Å². The van der Waals surface area contributed by atoms with Gasteiger partial charge in [-0.05, 0) is 77.8 Å². The van der Waals surface area contributed by atoms with Gasteiger partial charge in [-0.25, -0.2) is 14.9 Å². The highest BCUT2D eigenvalue weighted by Gasteiger charge is 2.30. The zero-order valence-electron chi connectivity index (χ0n) is 33.8. The fraction of sp³-hybridized carbons (Fsp3) is 0.561. The van der Waals surface area contributed by atoms with Crippen LogP contribution in [-0.2, 0) is 41.7 Å². The lowest BCUT2D eigenvalue weighted by atomic mass is 9.95. The van der Waals surface area contributed by atoms with Crippen LogP contribution in [0, 0.1) is 0 Å². The third kappa shape index (κ3) is 12.4. The van der Waals surface area contributed by atoms with E-state index >= 15 is 0 Å². The van der Waals surface area contributed by atoms with Crippen LogP contribution >= 0.6 is 0 Å². The monoisotopic (exact) mass is 776 g/mol. The molecule has 0 aliphatic carbocycles. The normalized spacial score (nSPS) is 13.9. The average Bonchev–Trinajstić information content (AvgIpc) is 3.59. The minimum atomic E-state index is -0.561. The summed E-state index contributed by atoms with van der Waals surface area (Å²) in [7, 11) is 1.69. The van der Waals surface area contributed by atoms with Crippen molar-refractivity contribution < 1.29 is 33.4 Å². The Morgan fingerprint density at radius 3 is 2.38 bits per heavy atom. The number of Topliss-reactive ketones (excluding diaryl/α,β-unsaturated/α-hetero) is 1. The highest BCUT2D eigenvalue weighted by Crippen LogP contribution is 2.41. The lowest BCUT2D eigenvalue weighted by Crippen LogP contribution is -2.40. The van der Waals surface area contributed by atoms with E-state index in [1.165, 1.54) is 6.92 Å². The van der Waals surface area contributed by atoms with Crippen molar-refractivity contribution in [2.75, 3.05) is 38.3 Å². The predicted octanol–water partition coefficient (Wildman–Crippen LogP) is 5.06.